The number of benzene rings is 2. The molecule has 0 N–H and O–H groups in total. The Morgan fingerprint density at radius 3 is 2.56 bits per heavy atom. The molecule has 0 heterocycles. The van der Waals surface area contributed by atoms with Gasteiger partial charge in [-0.15, -0.1) is 0 Å². The summed E-state index contributed by atoms with van der Waals surface area (Å²) in [6, 6.07) is 13.8. The SMILES string of the molecule is O=C(Oc1ccc2ccccc2c1)C1CC1. The molecule has 80 valence electrons. The molecule has 2 nitrogen and oxygen atoms in total. The Balaban J connectivity index is 1.89. The Bertz CT molecular complexity index is 541. The number of carbonyl (C=O) groups is 1. The van der Waals surface area contributed by atoms with Crippen molar-refractivity contribution >= 4 is 16.7 Å². The molecule has 1 aliphatic carbocycles. The molecule has 0 atom stereocenters. The van der Waals surface area contributed by atoms with Crippen LogP contribution < -0.4 is 4.74 Å². The highest BCUT2D eigenvalue weighted by atomic mass is 16.5. The van der Waals surface area contributed by atoms with E-state index < -0.39 is 0 Å². The zero-order chi connectivity index (χ0) is 11.0. The lowest BCUT2D eigenvalue weighted by molar-refractivity contribution is -0.135. The predicted octanol–water partition coefficient (Wildman–Crippen LogP) is 3.16. The van der Waals surface area contributed by atoms with Gasteiger partial charge in [0.25, 0.3) is 0 Å². The summed E-state index contributed by atoms with van der Waals surface area (Å²) < 4.78 is 5.31. The van der Waals surface area contributed by atoms with Gasteiger partial charge in [-0.3, -0.25) is 4.79 Å². The Labute approximate surface area is 93.8 Å². The third-order valence-electron chi connectivity index (χ3n) is 2.85. The van der Waals surface area contributed by atoms with Crippen LogP contribution in [-0.2, 0) is 4.79 Å². The first-order valence-corrected chi connectivity index (χ1v) is 5.53. The highest BCUT2D eigenvalue weighted by molar-refractivity contribution is 5.85. The normalized spacial score (nSPS) is 15.0. The molecule has 16 heavy (non-hydrogen) atoms. The van der Waals surface area contributed by atoms with E-state index >= 15 is 0 Å². The first kappa shape index (κ1) is 9.40. The van der Waals surface area contributed by atoms with Gasteiger partial charge in [0.2, 0.25) is 0 Å². The van der Waals surface area contributed by atoms with Crippen LogP contribution >= 0.6 is 0 Å². The van der Waals surface area contributed by atoms with Crippen molar-refractivity contribution < 1.29 is 9.53 Å². The second kappa shape index (κ2) is 3.63. The Hall–Kier alpha value is -1.83. The van der Waals surface area contributed by atoms with Gasteiger partial charge in [-0.05, 0) is 35.7 Å². The number of fused-ring (bicyclic) bond motifs is 1. The summed E-state index contributed by atoms with van der Waals surface area (Å²) in [5.41, 5.74) is 0. The fraction of sp³-hybridized carbons (Fsp3) is 0.214. The van der Waals surface area contributed by atoms with Crippen molar-refractivity contribution in [1.29, 1.82) is 0 Å². The molecule has 0 spiro atoms. The number of hydrogen-bond donors (Lipinski definition) is 0. The van der Waals surface area contributed by atoms with Gasteiger partial charge in [0.15, 0.2) is 0 Å². The molecule has 2 aromatic rings. The summed E-state index contributed by atoms with van der Waals surface area (Å²) in [7, 11) is 0. The fourth-order valence-corrected chi connectivity index (χ4v) is 1.75. The van der Waals surface area contributed by atoms with Crippen LogP contribution in [0.5, 0.6) is 5.75 Å². The van der Waals surface area contributed by atoms with E-state index in [4.69, 9.17) is 4.74 Å². The standard InChI is InChI=1S/C14H12O2/c15-14(11-5-6-11)16-13-8-7-10-3-1-2-4-12(10)9-13/h1-4,7-9,11H,5-6H2. The van der Waals surface area contributed by atoms with Gasteiger partial charge < -0.3 is 4.74 Å². The van der Waals surface area contributed by atoms with E-state index in [0.717, 1.165) is 23.6 Å². The maximum absolute atomic E-state index is 11.5. The number of esters is 1. The smallest absolute Gasteiger partial charge is 0.314 e. The lowest BCUT2D eigenvalue weighted by Gasteiger charge is -2.04. The van der Waals surface area contributed by atoms with Crippen molar-refractivity contribution in [3.05, 3.63) is 42.5 Å². The first-order chi connectivity index (χ1) is 7.83. The summed E-state index contributed by atoms with van der Waals surface area (Å²) in [6.45, 7) is 0. The van der Waals surface area contributed by atoms with E-state index in [2.05, 4.69) is 0 Å². The molecule has 1 aliphatic rings. The maximum Gasteiger partial charge on any atom is 0.314 e. The summed E-state index contributed by atoms with van der Waals surface area (Å²) in [6.07, 6.45) is 1.96. The number of hydrogen-bond acceptors (Lipinski definition) is 2. The van der Waals surface area contributed by atoms with Crippen molar-refractivity contribution in [3.63, 3.8) is 0 Å². The highest BCUT2D eigenvalue weighted by Crippen LogP contribution is 2.31. The number of carbonyl (C=O) groups excluding carboxylic acids is 1. The molecule has 0 aliphatic heterocycles. The molecular weight excluding hydrogens is 200 g/mol. The van der Waals surface area contributed by atoms with Crippen molar-refractivity contribution in [2.75, 3.05) is 0 Å². The Morgan fingerprint density at radius 2 is 1.81 bits per heavy atom. The largest absolute Gasteiger partial charge is 0.426 e. The van der Waals surface area contributed by atoms with Gasteiger partial charge >= 0.3 is 5.97 Å². The van der Waals surface area contributed by atoms with E-state index in [9.17, 15) is 4.79 Å². The molecule has 1 saturated carbocycles. The van der Waals surface area contributed by atoms with Crippen LogP contribution in [0.3, 0.4) is 0 Å². The van der Waals surface area contributed by atoms with Gasteiger partial charge in [0.1, 0.15) is 5.75 Å². The minimum absolute atomic E-state index is 0.0877. The lowest BCUT2D eigenvalue weighted by Crippen LogP contribution is -2.09. The molecule has 3 rings (SSSR count). The van der Waals surface area contributed by atoms with Crippen LogP contribution in [0.2, 0.25) is 0 Å². The zero-order valence-corrected chi connectivity index (χ0v) is 8.85. The molecule has 0 amide bonds. The van der Waals surface area contributed by atoms with E-state index in [1.165, 1.54) is 0 Å². The van der Waals surface area contributed by atoms with Gasteiger partial charge in [-0.2, -0.15) is 0 Å². The highest BCUT2D eigenvalue weighted by Gasteiger charge is 2.31. The van der Waals surface area contributed by atoms with Crippen LogP contribution in [0, 0.1) is 5.92 Å². The van der Waals surface area contributed by atoms with Crippen LogP contribution in [0.1, 0.15) is 12.8 Å². The van der Waals surface area contributed by atoms with E-state index in [1.807, 2.05) is 42.5 Å². The minimum Gasteiger partial charge on any atom is -0.426 e. The predicted molar refractivity (Wildman–Crippen MR) is 62.3 cm³/mol. The quantitative estimate of drug-likeness (QED) is 0.564. The van der Waals surface area contributed by atoms with Crippen molar-refractivity contribution in [1.82, 2.24) is 0 Å². The van der Waals surface area contributed by atoms with Crippen molar-refractivity contribution in [3.8, 4) is 5.75 Å². The third-order valence-corrected chi connectivity index (χ3v) is 2.85. The molecule has 2 heteroatoms. The van der Waals surface area contributed by atoms with E-state index in [1.54, 1.807) is 0 Å². The van der Waals surface area contributed by atoms with Crippen LogP contribution in [0.25, 0.3) is 10.8 Å². The second-order valence-corrected chi connectivity index (χ2v) is 4.20. The van der Waals surface area contributed by atoms with E-state index in [0.29, 0.717) is 5.75 Å². The average molecular weight is 212 g/mol. The Kier molecular flexibility index (Phi) is 2.13. The summed E-state index contributed by atoms with van der Waals surface area (Å²) in [5.74, 6) is 0.706. The van der Waals surface area contributed by atoms with Crippen LogP contribution in [0.4, 0.5) is 0 Å². The molecule has 1 fully saturated rings. The average Bonchev–Trinajstić information content (AvgIpc) is 3.12. The van der Waals surface area contributed by atoms with Crippen molar-refractivity contribution in [2.45, 2.75) is 12.8 Å². The van der Waals surface area contributed by atoms with Crippen molar-refractivity contribution in [2.24, 2.45) is 5.92 Å². The number of rotatable bonds is 2. The van der Waals surface area contributed by atoms with Gasteiger partial charge in [-0.1, -0.05) is 30.3 Å². The zero-order valence-electron chi connectivity index (χ0n) is 8.85. The minimum atomic E-state index is -0.0877. The maximum atomic E-state index is 11.5. The Morgan fingerprint density at radius 1 is 1.06 bits per heavy atom. The molecule has 0 bridgehead atoms. The summed E-state index contributed by atoms with van der Waals surface area (Å²) in [4.78, 5) is 11.5. The van der Waals surface area contributed by atoms with E-state index in [-0.39, 0.29) is 11.9 Å². The summed E-state index contributed by atoms with van der Waals surface area (Å²) >= 11 is 0. The molecular formula is C14H12O2. The third kappa shape index (κ3) is 1.78. The molecule has 0 aromatic heterocycles. The number of ether oxygens (including phenoxy) is 1. The molecule has 2 aromatic carbocycles. The van der Waals surface area contributed by atoms with Crippen LogP contribution in [-0.4, -0.2) is 5.97 Å². The van der Waals surface area contributed by atoms with Crippen LogP contribution in [0.15, 0.2) is 42.5 Å². The monoisotopic (exact) mass is 212 g/mol. The second-order valence-electron chi connectivity index (χ2n) is 4.20. The fourth-order valence-electron chi connectivity index (χ4n) is 1.75. The topological polar surface area (TPSA) is 26.3 Å². The van der Waals surface area contributed by atoms with Gasteiger partial charge in [-0.25, -0.2) is 0 Å². The van der Waals surface area contributed by atoms with Gasteiger partial charge in [0.05, 0.1) is 5.92 Å². The first-order valence-electron chi connectivity index (χ1n) is 5.53. The summed E-state index contributed by atoms with van der Waals surface area (Å²) in [5, 5.41) is 2.26. The lowest BCUT2D eigenvalue weighted by atomic mass is 10.1. The van der Waals surface area contributed by atoms with Gasteiger partial charge in [0, 0.05) is 0 Å². The molecule has 0 radical (unpaired) electrons. The molecule has 0 saturated heterocycles. The molecule has 0 unspecified atom stereocenters.